The topological polar surface area (TPSA) is 195 Å². The molecule has 2 aliphatic heterocycles. The zero-order valence-corrected chi connectivity index (χ0v) is 26.6. The van der Waals surface area contributed by atoms with Gasteiger partial charge in [-0.25, -0.2) is 9.97 Å². The molecule has 2 aromatic rings. The SMILES string of the molecule is Cc1nc(C(=O)NC(N)=NCCCCc2ccc(OCCN(CC3CCOC(C)O3)CC3CCOC(C)O3)cc2)c(N)nc1N. The summed E-state index contributed by atoms with van der Waals surface area (Å²) >= 11 is 0. The second kappa shape index (κ2) is 17.2. The number of aliphatic imine (C=N–C) groups is 1. The van der Waals surface area contributed by atoms with E-state index in [4.69, 9.17) is 40.9 Å². The van der Waals surface area contributed by atoms with E-state index in [0.29, 0.717) is 32.1 Å². The molecular weight excluding hydrogens is 580 g/mol. The van der Waals surface area contributed by atoms with E-state index in [-0.39, 0.29) is 48.1 Å². The fraction of sp³-hybridized carbons (Fsp3) is 0.613. The van der Waals surface area contributed by atoms with Crippen LogP contribution >= 0.6 is 0 Å². The van der Waals surface area contributed by atoms with E-state index >= 15 is 0 Å². The van der Waals surface area contributed by atoms with Crippen LogP contribution in [0.15, 0.2) is 29.3 Å². The molecule has 0 radical (unpaired) electrons. The Labute approximate surface area is 265 Å². The molecule has 0 aliphatic carbocycles. The van der Waals surface area contributed by atoms with E-state index in [1.807, 2.05) is 26.0 Å². The normalized spacial score (nSPS) is 22.4. The van der Waals surface area contributed by atoms with Crippen molar-refractivity contribution in [1.82, 2.24) is 20.2 Å². The van der Waals surface area contributed by atoms with Gasteiger partial charge in [-0.3, -0.25) is 20.0 Å². The number of unbranched alkanes of at least 4 members (excludes halogenated alkanes) is 1. The monoisotopic (exact) mass is 628 g/mol. The van der Waals surface area contributed by atoms with Crippen molar-refractivity contribution in [3.8, 4) is 5.75 Å². The molecule has 14 nitrogen and oxygen atoms in total. The number of ether oxygens (including phenoxy) is 5. The van der Waals surface area contributed by atoms with E-state index in [1.165, 1.54) is 5.56 Å². The average Bonchev–Trinajstić information content (AvgIpc) is 2.99. The van der Waals surface area contributed by atoms with Crippen LogP contribution in [-0.4, -0.2) is 97.5 Å². The lowest BCUT2D eigenvalue weighted by atomic mass is 10.1. The summed E-state index contributed by atoms with van der Waals surface area (Å²) in [6, 6.07) is 8.18. The minimum atomic E-state index is -0.578. The summed E-state index contributed by atoms with van der Waals surface area (Å²) in [6.45, 7) is 10.4. The smallest absolute Gasteiger partial charge is 0.280 e. The van der Waals surface area contributed by atoms with Crippen molar-refractivity contribution in [3.05, 3.63) is 41.2 Å². The minimum Gasteiger partial charge on any atom is -0.492 e. The molecule has 7 N–H and O–H groups in total. The van der Waals surface area contributed by atoms with Gasteiger partial charge in [0.1, 0.15) is 18.2 Å². The summed E-state index contributed by atoms with van der Waals surface area (Å²) in [5, 5.41) is 2.49. The number of amides is 1. The molecule has 2 saturated heterocycles. The highest BCUT2D eigenvalue weighted by Gasteiger charge is 2.26. The van der Waals surface area contributed by atoms with Gasteiger partial charge in [0.25, 0.3) is 5.91 Å². The number of nitrogens with two attached hydrogens (primary N) is 3. The van der Waals surface area contributed by atoms with Gasteiger partial charge in [-0.05, 0) is 70.6 Å². The molecule has 4 rings (SSSR count). The first-order valence-electron chi connectivity index (χ1n) is 15.7. The number of guanidine groups is 1. The van der Waals surface area contributed by atoms with Crippen LogP contribution in [0.1, 0.15) is 61.3 Å². The highest BCUT2D eigenvalue weighted by Crippen LogP contribution is 2.18. The van der Waals surface area contributed by atoms with Crippen LogP contribution in [-0.2, 0) is 25.4 Å². The largest absolute Gasteiger partial charge is 0.492 e. The van der Waals surface area contributed by atoms with Crippen molar-refractivity contribution in [3.63, 3.8) is 0 Å². The lowest BCUT2D eigenvalue weighted by molar-refractivity contribution is -0.216. The van der Waals surface area contributed by atoms with Gasteiger partial charge in [-0.2, -0.15) is 0 Å². The number of nitrogen functional groups attached to an aromatic ring is 2. The van der Waals surface area contributed by atoms with Crippen LogP contribution in [0.5, 0.6) is 5.75 Å². The summed E-state index contributed by atoms with van der Waals surface area (Å²) in [5.41, 5.74) is 18.9. The lowest BCUT2D eigenvalue weighted by Gasteiger charge is -2.36. The predicted molar refractivity (Wildman–Crippen MR) is 171 cm³/mol. The Morgan fingerprint density at radius 3 is 2.27 bits per heavy atom. The number of anilines is 2. The van der Waals surface area contributed by atoms with Gasteiger partial charge < -0.3 is 40.9 Å². The van der Waals surface area contributed by atoms with Gasteiger partial charge in [0, 0.05) is 26.2 Å². The molecule has 0 saturated carbocycles. The van der Waals surface area contributed by atoms with Gasteiger partial charge in [0.15, 0.2) is 30.1 Å². The highest BCUT2D eigenvalue weighted by molar-refractivity contribution is 6.06. The van der Waals surface area contributed by atoms with E-state index in [1.54, 1.807) is 6.92 Å². The number of carbonyl (C=O) groups excluding carboxylic acids is 1. The number of aromatic nitrogens is 2. The third kappa shape index (κ3) is 11.4. The summed E-state index contributed by atoms with van der Waals surface area (Å²) in [4.78, 5) is 27.0. The van der Waals surface area contributed by atoms with E-state index in [2.05, 4.69) is 37.3 Å². The highest BCUT2D eigenvalue weighted by atomic mass is 16.7. The van der Waals surface area contributed by atoms with Crippen LogP contribution in [0.2, 0.25) is 0 Å². The maximum Gasteiger partial charge on any atom is 0.280 e. The van der Waals surface area contributed by atoms with Crippen molar-refractivity contribution in [2.75, 3.05) is 57.5 Å². The molecule has 14 heteroatoms. The number of carbonyl (C=O) groups is 1. The van der Waals surface area contributed by atoms with Crippen molar-refractivity contribution in [2.24, 2.45) is 10.7 Å². The third-order valence-electron chi connectivity index (χ3n) is 7.62. The summed E-state index contributed by atoms with van der Waals surface area (Å²) in [6.07, 6.45) is 4.24. The summed E-state index contributed by atoms with van der Waals surface area (Å²) in [5.74, 6) is 0.368. The Kier molecular flexibility index (Phi) is 13.1. The molecule has 4 unspecified atom stereocenters. The fourth-order valence-electron chi connectivity index (χ4n) is 5.20. The molecule has 1 aromatic carbocycles. The fourth-order valence-corrected chi connectivity index (χ4v) is 5.20. The van der Waals surface area contributed by atoms with Gasteiger partial charge >= 0.3 is 0 Å². The minimum absolute atomic E-state index is 0.000397. The first-order chi connectivity index (χ1) is 21.7. The number of aryl methyl sites for hydroxylation is 2. The number of hydrogen-bond donors (Lipinski definition) is 4. The second-order valence-corrected chi connectivity index (χ2v) is 11.3. The second-order valence-electron chi connectivity index (χ2n) is 11.3. The molecule has 0 bridgehead atoms. The first-order valence-corrected chi connectivity index (χ1v) is 15.7. The summed E-state index contributed by atoms with van der Waals surface area (Å²) < 4.78 is 29.2. The average molecular weight is 629 g/mol. The van der Waals surface area contributed by atoms with Crippen LogP contribution in [0.3, 0.4) is 0 Å². The standard InChI is InChI=1S/C31H48N8O6/c1-20-28(32)37-29(33)27(36-20)30(40)38-31(34)35-13-5-4-6-23-7-9-24(10-8-23)43-17-14-39(18-25-11-15-41-21(2)44-25)19-26-12-16-42-22(3)45-26/h7-10,21-22,25-26H,4-6,11-19H2,1-3H3,(H4,32,33,37)(H3,34,35,38,40). The lowest BCUT2D eigenvalue weighted by Crippen LogP contribution is -2.46. The Bertz CT molecular complexity index is 1240. The molecular formula is C31H48N8O6. The number of nitrogens with zero attached hydrogens (tertiary/aromatic N) is 4. The van der Waals surface area contributed by atoms with E-state index in [0.717, 1.165) is 57.5 Å². The molecule has 2 aliphatic rings. The predicted octanol–water partition coefficient (Wildman–Crippen LogP) is 2.00. The van der Waals surface area contributed by atoms with E-state index < -0.39 is 5.91 Å². The zero-order valence-electron chi connectivity index (χ0n) is 26.6. The maximum atomic E-state index is 12.4. The van der Waals surface area contributed by atoms with Gasteiger partial charge in [0.2, 0.25) is 0 Å². The van der Waals surface area contributed by atoms with Crippen molar-refractivity contribution >= 4 is 23.5 Å². The molecule has 45 heavy (non-hydrogen) atoms. The Balaban J connectivity index is 1.16. The molecule has 1 amide bonds. The van der Waals surface area contributed by atoms with Gasteiger partial charge in [-0.1, -0.05) is 12.1 Å². The third-order valence-corrected chi connectivity index (χ3v) is 7.62. The van der Waals surface area contributed by atoms with Crippen molar-refractivity contribution in [2.45, 2.75) is 77.7 Å². The number of nitrogens with one attached hydrogen (secondary N) is 1. The zero-order chi connectivity index (χ0) is 32.2. The Hall–Kier alpha value is -3.56. The maximum absolute atomic E-state index is 12.4. The van der Waals surface area contributed by atoms with Crippen LogP contribution in [0, 0.1) is 6.92 Å². The van der Waals surface area contributed by atoms with Crippen LogP contribution in [0.4, 0.5) is 11.6 Å². The van der Waals surface area contributed by atoms with Gasteiger partial charge in [0.05, 0.1) is 31.1 Å². The van der Waals surface area contributed by atoms with E-state index in [9.17, 15) is 4.79 Å². The van der Waals surface area contributed by atoms with Crippen molar-refractivity contribution < 1.29 is 28.5 Å². The molecule has 248 valence electrons. The Morgan fingerprint density at radius 1 is 1.00 bits per heavy atom. The van der Waals surface area contributed by atoms with Crippen molar-refractivity contribution in [1.29, 1.82) is 0 Å². The summed E-state index contributed by atoms with van der Waals surface area (Å²) in [7, 11) is 0. The van der Waals surface area contributed by atoms with Crippen LogP contribution in [0.25, 0.3) is 0 Å². The first kappa shape index (κ1) is 34.3. The molecule has 2 fully saturated rings. The molecule has 0 spiro atoms. The number of benzene rings is 1. The molecule has 4 atom stereocenters. The molecule has 1 aromatic heterocycles. The molecule has 3 heterocycles. The number of rotatable bonds is 14. The number of hydrogen-bond acceptors (Lipinski definition) is 12. The quantitative estimate of drug-likeness (QED) is 0.135. The van der Waals surface area contributed by atoms with Gasteiger partial charge in [-0.15, -0.1) is 0 Å². The van der Waals surface area contributed by atoms with Crippen LogP contribution < -0.4 is 27.3 Å². The Morgan fingerprint density at radius 2 is 1.64 bits per heavy atom.